The van der Waals surface area contributed by atoms with Crippen LogP contribution >= 0.6 is 0 Å². The van der Waals surface area contributed by atoms with Gasteiger partial charge in [-0.25, -0.2) is 0 Å². The van der Waals surface area contributed by atoms with Crippen molar-refractivity contribution in [2.45, 2.75) is 65.5 Å². The van der Waals surface area contributed by atoms with Crippen molar-refractivity contribution in [2.24, 2.45) is 0 Å². The zero-order valence-electron chi connectivity index (χ0n) is 19.0. The van der Waals surface area contributed by atoms with Crippen molar-refractivity contribution >= 4 is 22.9 Å². The fourth-order valence-corrected chi connectivity index (χ4v) is 3.92. The van der Waals surface area contributed by atoms with E-state index in [1.165, 1.54) is 0 Å². The van der Waals surface area contributed by atoms with Gasteiger partial charge in [0.2, 0.25) is 5.95 Å². The van der Waals surface area contributed by atoms with E-state index in [0.717, 1.165) is 65.0 Å². The van der Waals surface area contributed by atoms with Gasteiger partial charge in [0.15, 0.2) is 17.0 Å². The van der Waals surface area contributed by atoms with Gasteiger partial charge in [-0.2, -0.15) is 15.0 Å². The first kappa shape index (κ1) is 22.6. The summed E-state index contributed by atoms with van der Waals surface area (Å²) in [5.74, 6) is 0.788. The second-order valence-electron chi connectivity index (χ2n) is 9.16. The number of piperazine rings is 1. The van der Waals surface area contributed by atoms with E-state index in [1.54, 1.807) is 4.57 Å². The molecule has 0 atom stereocenters. The lowest BCUT2D eigenvalue weighted by molar-refractivity contribution is 0.0615. The van der Waals surface area contributed by atoms with E-state index in [-0.39, 0.29) is 11.5 Å². The minimum Gasteiger partial charge on any atom is -0.480 e. The number of hydrogen-bond donors (Lipinski definition) is 3. The number of hydrogen-bond acceptors (Lipinski definition) is 8. The van der Waals surface area contributed by atoms with Crippen LogP contribution in [-0.2, 0) is 6.54 Å². The molecular weight excluding hydrogens is 380 g/mol. The number of unbranched alkanes of at least 4 members (excludes halogenated alkanes) is 2. The first-order chi connectivity index (χ1) is 14.3. The number of nitrogen functional groups attached to an aromatic ring is 1. The highest BCUT2D eigenvalue weighted by Gasteiger charge is 2.25. The molecule has 0 unspecified atom stereocenters. The molecule has 0 amide bonds. The molecule has 9 heteroatoms. The second-order valence-corrected chi connectivity index (χ2v) is 9.16. The number of rotatable bonds is 9. The Kier molecular flexibility index (Phi) is 7.36. The highest BCUT2D eigenvalue weighted by atomic mass is 16.3. The van der Waals surface area contributed by atoms with Crippen LogP contribution in [0.25, 0.3) is 11.2 Å². The molecule has 0 aliphatic carbocycles. The summed E-state index contributed by atoms with van der Waals surface area (Å²) in [6.07, 6.45) is 4.14. The van der Waals surface area contributed by atoms with Crippen LogP contribution < -0.4 is 11.1 Å². The minimum atomic E-state index is -0.0458. The lowest BCUT2D eigenvalue weighted by atomic mass is 10.0. The number of nitrogens with two attached hydrogens (primary N) is 1. The first-order valence-corrected chi connectivity index (χ1v) is 11.2. The number of aryl methyl sites for hydroxylation is 1. The number of aromatic hydroxyl groups is 1. The third-order valence-electron chi connectivity index (χ3n) is 5.84. The van der Waals surface area contributed by atoms with E-state index in [4.69, 9.17) is 5.73 Å². The average molecular weight is 419 g/mol. The van der Waals surface area contributed by atoms with Gasteiger partial charge < -0.3 is 21.1 Å². The molecule has 0 aromatic carbocycles. The van der Waals surface area contributed by atoms with Crippen molar-refractivity contribution in [3.05, 3.63) is 0 Å². The third kappa shape index (κ3) is 5.51. The third-order valence-corrected chi connectivity index (χ3v) is 5.84. The molecule has 30 heavy (non-hydrogen) atoms. The molecule has 1 fully saturated rings. The quantitative estimate of drug-likeness (QED) is 0.533. The SMILES string of the molecule is CCCCNc1nc(N)c2nc(O)n(CCCCN3CCN(C(C)(C)C)CC3)c2n1. The monoisotopic (exact) mass is 418 g/mol. The zero-order valence-corrected chi connectivity index (χ0v) is 19.0. The van der Waals surface area contributed by atoms with Gasteiger partial charge in [0.25, 0.3) is 6.01 Å². The van der Waals surface area contributed by atoms with Gasteiger partial charge in [-0.1, -0.05) is 13.3 Å². The Labute approximate surface area is 179 Å². The van der Waals surface area contributed by atoms with E-state index in [9.17, 15) is 5.11 Å². The van der Waals surface area contributed by atoms with Crippen LogP contribution in [0.5, 0.6) is 6.01 Å². The lowest BCUT2D eigenvalue weighted by Crippen LogP contribution is -2.53. The highest BCUT2D eigenvalue weighted by Crippen LogP contribution is 2.24. The molecule has 1 saturated heterocycles. The Morgan fingerprint density at radius 1 is 1.00 bits per heavy atom. The first-order valence-electron chi connectivity index (χ1n) is 11.2. The largest absolute Gasteiger partial charge is 0.480 e. The Morgan fingerprint density at radius 2 is 1.70 bits per heavy atom. The summed E-state index contributed by atoms with van der Waals surface area (Å²) in [5, 5.41) is 13.5. The van der Waals surface area contributed by atoms with E-state index in [2.05, 4.69) is 57.8 Å². The maximum Gasteiger partial charge on any atom is 0.296 e. The van der Waals surface area contributed by atoms with Crippen LogP contribution in [0.2, 0.25) is 0 Å². The van der Waals surface area contributed by atoms with Crippen molar-refractivity contribution in [1.82, 2.24) is 29.3 Å². The number of anilines is 2. The number of nitrogens with one attached hydrogen (secondary N) is 1. The van der Waals surface area contributed by atoms with Gasteiger partial charge >= 0.3 is 0 Å². The minimum absolute atomic E-state index is 0.0458. The highest BCUT2D eigenvalue weighted by molar-refractivity contribution is 5.84. The molecule has 3 heterocycles. The predicted octanol–water partition coefficient (Wildman–Crippen LogP) is 2.52. The van der Waals surface area contributed by atoms with Crippen molar-refractivity contribution in [2.75, 3.05) is 50.3 Å². The summed E-state index contributed by atoms with van der Waals surface area (Å²) in [6, 6.07) is -0.0458. The molecule has 9 nitrogen and oxygen atoms in total. The number of imidazole rings is 1. The van der Waals surface area contributed by atoms with Crippen LogP contribution in [0.15, 0.2) is 0 Å². The summed E-state index contributed by atoms with van der Waals surface area (Å²) >= 11 is 0. The van der Waals surface area contributed by atoms with E-state index < -0.39 is 0 Å². The molecule has 168 valence electrons. The van der Waals surface area contributed by atoms with Crippen molar-refractivity contribution < 1.29 is 5.11 Å². The van der Waals surface area contributed by atoms with Crippen LogP contribution in [0.4, 0.5) is 11.8 Å². The Bertz CT molecular complexity index is 821. The maximum atomic E-state index is 10.3. The molecule has 0 radical (unpaired) electrons. The van der Waals surface area contributed by atoms with Gasteiger partial charge in [0, 0.05) is 44.8 Å². The Morgan fingerprint density at radius 3 is 2.37 bits per heavy atom. The molecule has 0 spiro atoms. The molecule has 1 aliphatic heterocycles. The summed E-state index contributed by atoms with van der Waals surface area (Å²) < 4.78 is 1.75. The molecular formula is C21H38N8O. The van der Waals surface area contributed by atoms with Gasteiger partial charge in [0.1, 0.15) is 0 Å². The van der Waals surface area contributed by atoms with Crippen molar-refractivity contribution in [1.29, 1.82) is 0 Å². The zero-order chi connectivity index (χ0) is 21.7. The van der Waals surface area contributed by atoms with Crippen LogP contribution in [0, 0.1) is 0 Å². The fraction of sp³-hybridized carbons (Fsp3) is 0.762. The summed E-state index contributed by atoms with van der Waals surface area (Å²) in [5.41, 5.74) is 7.36. The molecule has 0 saturated carbocycles. The van der Waals surface area contributed by atoms with Crippen LogP contribution in [-0.4, -0.2) is 79.2 Å². The normalized spacial score (nSPS) is 16.4. The van der Waals surface area contributed by atoms with Crippen molar-refractivity contribution in [3.63, 3.8) is 0 Å². The average Bonchev–Trinajstić information content (AvgIpc) is 3.01. The van der Waals surface area contributed by atoms with E-state index in [0.29, 0.717) is 29.5 Å². The summed E-state index contributed by atoms with van der Waals surface area (Å²) in [7, 11) is 0. The van der Waals surface area contributed by atoms with E-state index in [1.807, 2.05) is 0 Å². The standard InChI is InChI=1S/C21H38N8O/c1-5-6-9-23-19-25-17(22)16-18(26-19)29(20(30)24-16)11-8-7-10-27-12-14-28(15-13-27)21(2,3)4/h5-15H2,1-4H3,(H,24,30)(H3,22,23,25,26). The van der Waals surface area contributed by atoms with Gasteiger partial charge in [-0.15, -0.1) is 0 Å². The topological polar surface area (TPSA) is 108 Å². The van der Waals surface area contributed by atoms with Crippen LogP contribution in [0.3, 0.4) is 0 Å². The van der Waals surface area contributed by atoms with Gasteiger partial charge in [-0.05, 0) is 46.6 Å². The molecule has 0 bridgehead atoms. The maximum absolute atomic E-state index is 10.3. The molecule has 4 N–H and O–H groups in total. The smallest absolute Gasteiger partial charge is 0.296 e. The molecule has 2 aromatic heterocycles. The van der Waals surface area contributed by atoms with Gasteiger partial charge in [-0.3, -0.25) is 9.47 Å². The number of fused-ring (bicyclic) bond motifs is 1. The number of aromatic nitrogens is 4. The van der Waals surface area contributed by atoms with Gasteiger partial charge in [0.05, 0.1) is 0 Å². The Balaban J connectivity index is 1.54. The van der Waals surface area contributed by atoms with Crippen LogP contribution in [0.1, 0.15) is 53.4 Å². The molecule has 1 aliphatic rings. The molecule has 3 rings (SSSR count). The number of nitrogens with zero attached hydrogens (tertiary/aromatic N) is 6. The predicted molar refractivity (Wildman–Crippen MR) is 122 cm³/mol. The van der Waals surface area contributed by atoms with Crippen molar-refractivity contribution in [3.8, 4) is 6.01 Å². The summed E-state index contributed by atoms with van der Waals surface area (Å²) in [4.78, 5) is 18.1. The molecule has 2 aromatic rings. The van der Waals surface area contributed by atoms with E-state index >= 15 is 0 Å². The fourth-order valence-electron chi connectivity index (χ4n) is 3.92. The summed E-state index contributed by atoms with van der Waals surface area (Å²) in [6.45, 7) is 16.0. The lowest BCUT2D eigenvalue weighted by Gasteiger charge is -2.42. The second kappa shape index (κ2) is 9.78. The Hall–Kier alpha value is -2.13.